The summed E-state index contributed by atoms with van der Waals surface area (Å²) in [7, 11) is 2.08. The third kappa shape index (κ3) is 3.77. The number of hydrogen-bond donors (Lipinski definition) is 0. The van der Waals surface area contributed by atoms with Crippen molar-refractivity contribution in [3.63, 3.8) is 0 Å². The zero-order valence-electron chi connectivity index (χ0n) is 12.3. The molecule has 3 aromatic rings. The van der Waals surface area contributed by atoms with Crippen molar-refractivity contribution in [2.45, 2.75) is 6.54 Å². The van der Waals surface area contributed by atoms with Crippen molar-refractivity contribution in [2.24, 2.45) is 10.2 Å². The van der Waals surface area contributed by atoms with E-state index in [0.717, 1.165) is 17.9 Å². The van der Waals surface area contributed by atoms with Gasteiger partial charge in [-0.2, -0.15) is 0 Å². The first-order chi connectivity index (χ1) is 10.8. The fourth-order valence-electron chi connectivity index (χ4n) is 2.09. The van der Waals surface area contributed by atoms with Crippen LogP contribution in [0.2, 0.25) is 0 Å². The van der Waals surface area contributed by atoms with Crippen molar-refractivity contribution in [1.82, 2.24) is 4.98 Å². The molecule has 0 unspecified atom stereocenters. The summed E-state index contributed by atoms with van der Waals surface area (Å²) >= 11 is 1.47. The summed E-state index contributed by atoms with van der Waals surface area (Å²) in [6, 6.07) is 18.5. The van der Waals surface area contributed by atoms with E-state index in [4.69, 9.17) is 0 Å². The molecule has 0 saturated heterocycles. The highest BCUT2D eigenvalue weighted by Gasteiger charge is 2.02. The lowest BCUT2D eigenvalue weighted by atomic mass is 10.2. The second kappa shape index (κ2) is 6.95. The maximum atomic E-state index is 4.19. The van der Waals surface area contributed by atoms with Crippen molar-refractivity contribution >= 4 is 27.8 Å². The number of aromatic nitrogens is 1. The molecule has 1 heterocycles. The Morgan fingerprint density at radius 2 is 1.77 bits per heavy atom. The minimum absolute atomic E-state index is 0.672. The molecular weight excluding hydrogens is 292 g/mol. The van der Waals surface area contributed by atoms with Gasteiger partial charge in [-0.05, 0) is 29.8 Å². The van der Waals surface area contributed by atoms with Gasteiger partial charge in [-0.1, -0.05) is 30.3 Å². The quantitative estimate of drug-likeness (QED) is 0.608. The first-order valence-electron chi connectivity index (χ1n) is 6.97. The summed E-state index contributed by atoms with van der Waals surface area (Å²) in [6.45, 7) is 0.876. The van der Waals surface area contributed by atoms with Gasteiger partial charge in [-0.25, -0.2) is 4.98 Å². The molecule has 0 radical (unpaired) electrons. The van der Waals surface area contributed by atoms with Gasteiger partial charge in [0, 0.05) is 30.9 Å². The summed E-state index contributed by atoms with van der Waals surface area (Å²) in [4.78, 5) is 6.28. The number of thiazole rings is 1. The fraction of sp³-hybridized carbons (Fsp3) is 0.118. The Kier molecular flexibility index (Phi) is 4.56. The molecule has 0 N–H and O–H groups in total. The molecule has 3 rings (SSSR count). The number of benzene rings is 2. The van der Waals surface area contributed by atoms with Crippen molar-refractivity contribution in [3.05, 3.63) is 71.7 Å². The van der Waals surface area contributed by atoms with E-state index in [1.54, 1.807) is 6.20 Å². The van der Waals surface area contributed by atoms with Crippen LogP contribution in [0.25, 0.3) is 0 Å². The average Bonchev–Trinajstić information content (AvgIpc) is 3.08. The second-order valence-corrected chi connectivity index (χ2v) is 5.75. The van der Waals surface area contributed by atoms with Gasteiger partial charge in [0.15, 0.2) is 0 Å². The van der Waals surface area contributed by atoms with Gasteiger partial charge in [-0.15, -0.1) is 21.6 Å². The van der Waals surface area contributed by atoms with E-state index >= 15 is 0 Å². The fourth-order valence-corrected chi connectivity index (χ4v) is 2.54. The monoisotopic (exact) mass is 308 g/mol. The van der Waals surface area contributed by atoms with Crippen LogP contribution < -0.4 is 4.90 Å². The standard InChI is InChI=1S/C17H16N4S/c1-21(13-14-5-3-2-4-6-14)16-9-7-15(8-10-16)19-20-17-18-11-12-22-17/h2-12H,13H2,1H3. The molecule has 2 aromatic carbocycles. The molecule has 1 aromatic heterocycles. The molecule has 5 heteroatoms. The van der Waals surface area contributed by atoms with Crippen LogP contribution in [-0.4, -0.2) is 12.0 Å². The van der Waals surface area contributed by atoms with Gasteiger partial charge in [0.25, 0.3) is 0 Å². The Morgan fingerprint density at radius 3 is 2.45 bits per heavy atom. The predicted molar refractivity (Wildman–Crippen MR) is 91.3 cm³/mol. The van der Waals surface area contributed by atoms with E-state index in [-0.39, 0.29) is 0 Å². The first kappa shape index (κ1) is 14.4. The van der Waals surface area contributed by atoms with Crippen molar-refractivity contribution in [3.8, 4) is 0 Å². The molecule has 0 aliphatic heterocycles. The molecule has 0 aliphatic carbocycles. The van der Waals surface area contributed by atoms with E-state index in [9.17, 15) is 0 Å². The first-order valence-corrected chi connectivity index (χ1v) is 7.85. The topological polar surface area (TPSA) is 40.9 Å². The maximum absolute atomic E-state index is 4.19. The summed E-state index contributed by atoms with van der Waals surface area (Å²) in [5.41, 5.74) is 3.27. The van der Waals surface area contributed by atoms with E-state index in [0.29, 0.717) is 5.13 Å². The number of rotatable bonds is 5. The second-order valence-electron chi connectivity index (χ2n) is 4.87. The molecule has 4 nitrogen and oxygen atoms in total. The van der Waals surface area contributed by atoms with Crippen LogP contribution in [0.1, 0.15) is 5.56 Å². The number of nitrogens with zero attached hydrogens (tertiary/aromatic N) is 4. The Morgan fingerprint density at radius 1 is 1.00 bits per heavy atom. The zero-order valence-corrected chi connectivity index (χ0v) is 13.1. The molecule has 0 fully saturated rings. The van der Waals surface area contributed by atoms with E-state index in [1.807, 2.05) is 23.6 Å². The number of azo groups is 1. The smallest absolute Gasteiger partial charge is 0.229 e. The maximum Gasteiger partial charge on any atom is 0.229 e. The van der Waals surface area contributed by atoms with Crippen LogP contribution in [0.3, 0.4) is 0 Å². The normalized spacial score (nSPS) is 11.0. The van der Waals surface area contributed by atoms with E-state index in [1.165, 1.54) is 16.9 Å². The Hall–Kier alpha value is -2.53. The molecule has 0 aliphatic rings. The Labute approximate surface area is 133 Å². The van der Waals surface area contributed by atoms with Gasteiger partial charge in [0.2, 0.25) is 5.13 Å². The summed E-state index contributed by atoms with van der Waals surface area (Å²) in [6.07, 6.45) is 1.72. The SMILES string of the molecule is CN(Cc1ccccc1)c1ccc(N=Nc2nccs2)cc1. The molecule has 0 bridgehead atoms. The predicted octanol–water partition coefficient (Wildman–Crippen LogP) is 5.19. The van der Waals surface area contributed by atoms with Crippen LogP contribution in [0.5, 0.6) is 0 Å². The van der Waals surface area contributed by atoms with Gasteiger partial charge in [0.1, 0.15) is 0 Å². The Balaban J connectivity index is 1.66. The molecule has 0 spiro atoms. The van der Waals surface area contributed by atoms with Crippen LogP contribution in [0.4, 0.5) is 16.5 Å². The van der Waals surface area contributed by atoms with Crippen molar-refractivity contribution < 1.29 is 0 Å². The Bertz CT molecular complexity index is 721. The summed E-state index contributed by atoms with van der Waals surface area (Å²) < 4.78 is 0. The highest BCUT2D eigenvalue weighted by molar-refractivity contribution is 7.13. The average molecular weight is 308 g/mol. The third-order valence-corrected chi connectivity index (χ3v) is 3.88. The largest absolute Gasteiger partial charge is 0.370 e. The molecule has 0 saturated carbocycles. The number of anilines is 1. The third-order valence-electron chi connectivity index (χ3n) is 3.22. The molecule has 0 atom stereocenters. The van der Waals surface area contributed by atoms with Crippen LogP contribution in [0, 0.1) is 0 Å². The molecular formula is C17H16N4S. The minimum atomic E-state index is 0.672. The van der Waals surface area contributed by atoms with Crippen LogP contribution in [0.15, 0.2) is 76.4 Å². The summed E-state index contributed by atoms with van der Waals surface area (Å²) in [5.74, 6) is 0. The lowest BCUT2D eigenvalue weighted by Gasteiger charge is -2.19. The molecule has 22 heavy (non-hydrogen) atoms. The van der Waals surface area contributed by atoms with Crippen LogP contribution >= 0.6 is 11.3 Å². The van der Waals surface area contributed by atoms with Crippen molar-refractivity contribution in [1.29, 1.82) is 0 Å². The highest BCUT2D eigenvalue weighted by Crippen LogP contribution is 2.23. The zero-order chi connectivity index (χ0) is 15.2. The lowest BCUT2D eigenvalue weighted by molar-refractivity contribution is 0.923. The number of hydrogen-bond acceptors (Lipinski definition) is 5. The lowest BCUT2D eigenvalue weighted by Crippen LogP contribution is -2.15. The van der Waals surface area contributed by atoms with E-state index < -0.39 is 0 Å². The molecule has 110 valence electrons. The van der Waals surface area contributed by atoms with Gasteiger partial charge >= 0.3 is 0 Å². The summed E-state index contributed by atoms with van der Waals surface area (Å²) in [5, 5.41) is 10.8. The minimum Gasteiger partial charge on any atom is -0.370 e. The van der Waals surface area contributed by atoms with Crippen LogP contribution in [-0.2, 0) is 6.54 Å². The highest BCUT2D eigenvalue weighted by atomic mass is 32.1. The van der Waals surface area contributed by atoms with E-state index in [2.05, 4.69) is 63.6 Å². The van der Waals surface area contributed by atoms with Gasteiger partial charge < -0.3 is 4.90 Å². The van der Waals surface area contributed by atoms with Gasteiger partial charge in [0.05, 0.1) is 5.69 Å². The van der Waals surface area contributed by atoms with Crippen molar-refractivity contribution in [2.75, 3.05) is 11.9 Å². The molecule has 0 amide bonds. The van der Waals surface area contributed by atoms with Gasteiger partial charge in [-0.3, -0.25) is 0 Å².